The van der Waals surface area contributed by atoms with Crippen LogP contribution in [-0.4, -0.2) is 21.2 Å². The molecule has 2 aromatic rings. The third-order valence-corrected chi connectivity index (χ3v) is 2.02. The van der Waals surface area contributed by atoms with E-state index in [1.165, 1.54) is 18.2 Å². The average molecular weight is 222 g/mol. The number of rotatable bonds is 2. The van der Waals surface area contributed by atoms with Crippen molar-refractivity contribution in [3.8, 4) is 11.5 Å². The molecule has 0 saturated heterocycles. The molecule has 0 aliphatic heterocycles. The highest BCUT2D eigenvalue weighted by molar-refractivity contribution is 5.83. The Morgan fingerprint density at radius 3 is 2.81 bits per heavy atom. The van der Waals surface area contributed by atoms with Crippen molar-refractivity contribution in [3.63, 3.8) is 0 Å². The van der Waals surface area contributed by atoms with Crippen molar-refractivity contribution in [2.24, 2.45) is 0 Å². The Bertz CT molecular complexity index is 551. The highest BCUT2D eigenvalue weighted by Crippen LogP contribution is 2.19. The molecule has 5 nitrogen and oxygen atoms in total. The van der Waals surface area contributed by atoms with Crippen molar-refractivity contribution in [1.29, 1.82) is 0 Å². The van der Waals surface area contributed by atoms with Crippen LogP contribution in [0.3, 0.4) is 0 Å². The summed E-state index contributed by atoms with van der Waals surface area (Å²) in [5.41, 5.74) is 0.909. The first kappa shape index (κ1) is 10.3. The van der Waals surface area contributed by atoms with Crippen molar-refractivity contribution < 1.29 is 18.8 Å². The number of carbonyl (C=O) groups is 1. The number of nitrogens with zero attached hydrogens (tertiary/aromatic N) is 2. The second-order valence-corrected chi connectivity index (χ2v) is 3.19. The minimum absolute atomic E-state index is 0.0560. The molecular weight excluding hydrogens is 215 g/mol. The Hall–Kier alpha value is -2.24. The molecule has 0 spiro atoms. The van der Waals surface area contributed by atoms with Gasteiger partial charge >= 0.3 is 5.97 Å². The summed E-state index contributed by atoms with van der Waals surface area (Å²) in [4.78, 5) is 14.2. The zero-order valence-corrected chi connectivity index (χ0v) is 8.27. The third-order valence-electron chi connectivity index (χ3n) is 2.02. The average Bonchev–Trinajstić information content (AvgIpc) is 2.71. The number of hydrogen-bond donors (Lipinski definition) is 1. The lowest BCUT2D eigenvalue weighted by Crippen LogP contribution is -1.98. The maximum Gasteiger partial charge on any atom is 0.377 e. The SMILES string of the molecule is Cc1cc(-c2nc(C(=O)O)no2)ccc1F. The second-order valence-electron chi connectivity index (χ2n) is 3.19. The standard InChI is InChI=1S/C10H7FN2O3/c1-5-4-6(2-3-7(5)11)9-12-8(10(14)15)13-16-9/h2-4H,1H3,(H,14,15). The molecular formula is C10H7FN2O3. The number of hydrogen-bond acceptors (Lipinski definition) is 4. The van der Waals surface area contributed by atoms with Crippen molar-refractivity contribution >= 4 is 5.97 Å². The molecule has 1 N–H and O–H groups in total. The van der Waals surface area contributed by atoms with Gasteiger partial charge in [0.2, 0.25) is 0 Å². The molecule has 0 saturated carbocycles. The Morgan fingerprint density at radius 2 is 2.25 bits per heavy atom. The van der Waals surface area contributed by atoms with E-state index < -0.39 is 11.8 Å². The van der Waals surface area contributed by atoms with Crippen LogP contribution in [-0.2, 0) is 0 Å². The summed E-state index contributed by atoms with van der Waals surface area (Å²) in [6, 6.07) is 4.21. The summed E-state index contributed by atoms with van der Waals surface area (Å²) in [5, 5.41) is 11.9. The molecule has 1 aromatic heterocycles. The highest BCUT2D eigenvalue weighted by atomic mass is 19.1. The third kappa shape index (κ3) is 1.77. The first-order valence-electron chi connectivity index (χ1n) is 4.41. The van der Waals surface area contributed by atoms with Crippen LogP contribution in [0.2, 0.25) is 0 Å². The lowest BCUT2D eigenvalue weighted by atomic mass is 10.1. The zero-order chi connectivity index (χ0) is 11.7. The Morgan fingerprint density at radius 1 is 1.50 bits per heavy atom. The maximum atomic E-state index is 13.0. The first-order valence-corrected chi connectivity index (χ1v) is 4.41. The monoisotopic (exact) mass is 222 g/mol. The fourth-order valence-corrected chi connectivity index (χ4v) is 1.21. The number of benzene rings is 1. The van der Waals surface area contributed by atoms with Gasteiger partial charge < -0.3 is 9.63 Å². The molecule has 0 unspecified atom stereocenters. The van der Waals surface area contributed by atoms with Crippen molar-refractivity contribution in [3.05, 3.63) is 35.4 Å². The minimum atomic E-state index is -1.27. The van der Waals surface area contributed by atoms with Crippen molar-refractivity contribution in [2.75, 3.05) is 0 Å². The summed E-state index contributed by atoms with van der Waals surface area (Å²) in [6.07, 6.45) is 0. The molecule has 0 radical (unpaired) electrons. The van der Waals surface area contributed by atoms with Crippen LogP contribution in [0, 0.1) is 12.7 Å². The van der Waals surface area contributed by atoms with Crippen LogP contribution in [0.4, 0.5) is 4.39 Å². The van der Waals surface area contributed by atoms with Crippen LogP contribution in [0.1, 0.15) is 16.2 Å². The molecule has 0 aliphatic carbocycles. The minimum Gasteiger partial charge on any atom is -0.475 e. The predicted molar refractivity (Wildman–Crippen MR) is 51.4 cm³/mol. The van der Waals surface area contributed by atoms with E-state index in [0.717, 1.165) is 0 Å². The highest BCUT2D eigenvalue weighted by Gasteiger charge is 2.14. The van der Waals surface area contributed by atoms with Gasteiger partial charge in [0.1, 0.15) is 5.82 Å². The molecule has 6 heteroatoms. The quantitative estimate of drug-likeness (QED) is 0.839. The lowest BCUT2D eigenvalue weighted by molar-refractivity contribution is 0.0680. The van der Waals surface area contributed by atoms with Crippen LogP contribution in [0.25, 0.3) is 11.5 Å². The number of carboxylic acid groups (broad SMARTS) is 1. The maximum absolute atomic E-state index is 13.0. The van der Waals surface area contributed by atoms with Gasteiger partial charge in [0.15, 0.2) is 0 Å². The largest absolute Gasteiger partial charge is 0.475 e. The van der Waals surface area contributed by atoms with E-state index in [4.69, 9.17) is 9.63 Å². The lowest BCUT2D eigenvalue weighted by Gasteiger charge is -1.97. The van der Waals surface area contributed by atoms with Gasteiger partial charge in [-0.2, -0.15) is 4.98 Å². The molecule has 0 atom stereocenters. The van der Waals surface area contributed by atoms with Gasteiger partial charge in [0, 0.05) is 5.56 Å². The molecule has 1 aromatic carbocycles. The number of carboxylic acids is 1. The smallest absolute Gasteiger partial charge is 0.377 e. The number of aromatic nitrogens is 2. The normalized spacial score (nSPS) is 10.4. The van der Waals surface area contributed by atoms with Crippen LogP contribution in [0.5, 0.6) is 0 Å². The molecule has 0 bridgehead atoms. The molecule has 0 amide bonds. The second kappa shape index (κ2) is 3.73. The Labute approximate surface area is 89.5 Å². The first-order chi connectivity index (χ1) is 7.58. The van der Waals surface area contributed by atoms with Gasteiger partial charge in [-0.3, -0.25) is 0 Å². The molecule has 16 heavy (non-hydrogen) atoms. The summed E-state index contributed by atoms with van der Waals surface area (Å²) in [5.74, 6) is -1.98. The summed E-state index contributed by atoms with van der Waals surface area (Å²) >= 11 is 0. The molecule has 0 fully saturated rings. The van der Waals surface area contributed by atoms with Crippen LogP contribution < -0.4 is 0 Å². The topological polar surface area (TPSA) is 76.2 Å². The summed E-state index contributed by atoms with van der Waals surface area (Å²) in [6.45, 7) is 1.59. The zero-order valence-electron chi connectivity index (χ0n) is 8.27. The van der Waals surface area contributed by atoms with Gasteiger partial charge in [-0.05, 0) is 35.8 Å². The molecule has 82 valence electrons. The van der Waals surface area contributed by atoms with E-state index in [9.17, 15) is 9.18 Å². The molecule has 1 heterocycles. The fourth-order valence-electron chi connectivity index (χ4n) is 1.21. The summed E-state index contributed by atoms with van der Waals surface area (Å²) < 4.78 is 17.7. The van der Waals surface area contributed by atoms with E-state index in [1.54, 1.807) is 6.92 Å². The predicted octanol–water partition coefficient (Wildman–Crippen LogP) is 1.88. The number of aromatic carboxylic acids is 1. The molecule has 2 rings (SSSR count). The Kier molecular flexibility index (Phi) is 2.40. The van der Waals surface area contributed by atoms with E-state index in [0.29, 0.717) is 11.1 Å². The number of aryl methyl sites for hydroxylation is 1. The van der Waals surface area contributed by atoms with Crippen LogP contribution in [0.15, 0.2) is 22.7 Å². The van der Waals surface area contributed by atoms with Gasteiger partial charge in [0.05, 0.1) is 0 Å². The number of halogens is 1. The summed E-state index contributed by atoms with van der Waals surface area (Å²) in [7, 11) is 0. The van der Waals surface area contributed by atoms with E-state index in [2.05, 4.69) is 10.1 Å². The Balaban J connectivity index is 2.42. The van der Waals surface area contributed by atoms with E-state index >= 15 is 0 Å². The van der Waals surface area contributed by atoms with E-state index in [-0.39, 0.29) is 11.7 Å². The van der Waals surface area contributed by atoms with Crippen molar-refractivity contribution in [1.82, 2.24) is 10.1 Å². The van der Waals surface area contributed by atoms with E-state index in [1.807, 2.05) is 0 Å². The van der Waals surface area contributed by atoms with Gasteiger partial charge in [-0.1, -0.05) is 0 Å². The van der Waals surface area contributed by atoms with Gasteiger partial charge in [-0.25, -0.2) is 9.18 Å². The van der Waals surface area contributed by atoms with Crippen LogP contribution >= 0.6 is 0 Å². The van der Waals surface area contributed by atoms with Gasteiger partial charge in [-0.15, -0.1) is 0 Å². The van der Waals surface area contributed by atoms with Crippen molar-refractivity contribution in [2.45, 2.75) is 6.92 Å². The fraction of sp³-hybridized carbons (Fsp3) is 0.100. The van der Waals surface area contributed by atoms with Gasteiger partial charge in [0.25, 0.3) is 11.7 Å². The molecule has 0 aliphatic rings.